The number of fused-ring (bicyclic) bond motifs is 6. The fourth-order valence-electron chi connectivity index (χ4n) is 4.60. The number of furan rings is 1. The van der Waals surface area contributed by atoms with Gasteiger partial charge in [0.15, 0.2) is 0 Å². The molecule has 2 aromatic heterocycles. The second-order valence-electron chi connectivity index (χ2n) is 8.04. The molecule has 0 saturated heterocycles. The van der Waals surface area contributed by atoms with Crippen molar-refractivity contribution in [3.8, 4) is 22.4 Å². The summed E-state index contributed by atoms with van der Waals surface area (Å²) in [7, 11) is 0. The quantitative estimate of drug-likeness (QED) is 0.286. The van der Waals surface area contributed by atoms with E-state index >= 15 is 0 Å². The molecule has 0 N–H and O–H groups in total. The van der Waals surface area contributed by atoms with E-state index in [0.717, 1.165) is 44.5 Å². The molecule has 29 heavy (non-hydrogen) atoms. The lowest BCUT2D eigenvalue weighted by molar-refractivity contribution is 0.635. The molecule has 4 heteroatoms. The first-order chi connectivity index (χ1) is 14.0. The third-order valence-corrected chi connectivity index (χ3v) is 6.16. The first kappa shape index (κ1) is 16.8. The fourth-order valence-corrected chi connectivity index (χ4v) is 4.77. The highest BCUT2D eigenvalue weighted by molar-refractivity contribution is 6.28. The minimum absolute atomic E-state index is 0.225. The molecule has 0 bridgehead atoms. The molecule has 0 atom stereocenters. The van der Waals surface area contributed by atoms with Gasteiger partial charge in [0.05, 0.1) is 11.4 Å². The van der Waals surface area contributed by atoms with Gasteiger partial charge < -0.3 is 4.42 Å². The van der Waals surface area contributed by atoms with Crippen LogP contribution in [0.25, 0.3) is 44.3 Å². The molecule has 6 rings (SSSR count). The van der Waals surface area contributed by atoms with Crippen molar-refractivity contribution in [1.29, 1.82) is 0 Å². The summed E-state index contributed by atoms with van der Waals surface area (Å²) in [5, 5.41) is 2.48. The third-order valence-electron chi connectivity index (χ3n) is 6.00. The second-order valence-corrected chi connectivity index (χ2v) is 8.38. The summed E-state index contributed by atoms with van der Waals surface area (Å²) in [6.07, 6.45) is 0. The molecule has 0 saturated carbocycles. The molecule has 1 aliphatic carbocycles. The van der Waals surface area contributed by atoms with E-state index in [0.29, 0.717) is 0 Å². The number of halogens is 1. The highest BCUT2D eigenvalue weighted by atomic mass is 35.5. The maximum atomic E-state index is 6.39. The van der Waals surface area contributed by atoms with Crippen LogP contribution in [-0.4, -0.2) is 9.97 Å². The first-order valence-corrected chi connectivity index (χ1v) is 10.0. The Bertz CT molecular complexity index is 1450. The highest BCUT2D eigenvalue weighted by Crippen LogP contribution is 2.51. The van der Waals surface area contributed by atoms with Gasteiger partial charge in [0.1, 0.15) is 11.2 Å². The van der Waals surface area contributed by atoms with Gasteiger partial charge in [-0.25, -0.2) is 9.97 Å². The summed E-state index contributed by atoms with van der Waals surface area (Å²) in [6.45, 7) is 4.38. The lowest BCUT2D eigenvalue weighted by Crippen LogP contribution is -2.17. The number of hydrogen-bond donors (Lipinski definition) is 0. The van der Waals surface area contributed by atoms with Crippen LogP contribution in [0.2, 0.25) is 5.28 Å². The zero-order valence-corrected chi connectivity index (χ0v) is 16.8. The first-order valence-electron chi connectivity index (χ1n) is 9.63. The van der Waals surface area contributed by atoms with E-state index in [1.165, 1.54) is 11.1 Å². The average molecular weight is 397 g/mol. The maximum Gasteiger partial charge on any atom is 0.223 e. The standard InChI is InChI=1S/C25H17ClN2O/c1-25(2)18-9-5-3-8-17(18)21-22(27-24(26)28-23(21)25)14-11-12-16-15-7-4-6-10-19(15)29-20(16)13-14/h3-13H,1-2H3. The Kier molecular flexibility index (Phi) is 3.28. The molecular formula is C25H17ClN2O. The van der Waals surface area contributed by atoms with Crippen molar-refractivity contribution in [2.24, 2.45) is 0 Å². The minimum Gasteiger partial charge on any atom is -0.456 e. The topological polar surface area (TPSA) is 38.9 Å². The molecule has 5 aromatic rings. The fraction of sp³-hybridized carbons (Fsp3) is 0.120. The summed E-state index contributed by atoms with van der Waals surface area (Å²) >= 11 is 6.39. The zero-order valence-electron chi connectivity index (χ0n) is 16.0. The van der Waals surface area contributed by atoms with Gasteiger partial charge >= 0.3 is 0 Å². The Morgan fingerprint density at radius 3 is 2.48 bits per heavy atom. The number of nitrogens with zero attached hydrogens (tertiary/aromatic N) is 2. The molecule has 1 aliphatic rings. The molecule has 2 heterocycles. The lowest BCUT2D eigenvalue weighted by Gasteiger charge is -2.20. The second kappa shape index (κ2) is 5.68. The zero-order chi connectivity index (χ0) is 19.8. The number of rotatable bonds is 1. The van der Waals surface area contributed by atoms with Gasteiger partial charge in [0.2, 0.25) is 5.28 Å². The Morgan fingerprint density at radius 1 is 0.828 bits per heavy atom. The van der Waals surface area contributed by atoms with Crippen LogP contribution in [-0.2, 0) is 5.41 Å². The van der Waals surface area contributed by atoms with Crippen molar-refractivity contribution in [3.63, 3.8) is 0 Å². The number of aromatic nitrogens is 2. The van der Waals surface area contributed by atoms with Crippen LogP contribution in [0.3, 0.4) is 0 Å². The van der Waals surface area contributed by atoms with Gasteiger partial charge in [-0.15, -0.1) is 0 Å². The molecule has 3 aromatic carbocycles. The van der Waals surface area contributed by atoms with Crippen molar-refractivity contribution in [3.05, 3.63) is 83.3 Å². The molecule has 0 amide bonds. The molecule has 140 valence electrons. The number of benzene rings is 3. The van der Waals surface area contributed by atoms with E-state index < -0.39 is 0 Å². The van der Waals surface area contributed by atoms with Crippen LogP contribution in [0.15, 0.2) is 71.1 Å². The van der Waals surface area contributed by atoms with E-state index in [4.69, 9.17) is 16.0 Å². The maximum absolute atomic E-state index is 6.39. The summed E-state index contributed by atoms with van der Waals surface area (Å²) in [6, 6.07) is 22.8. The van der Waals surface area contributed by atoms with Crippen LogP contribution in [0.1, 0.15) is 25.1 Å². The average Bonchev–Trinajstić information content (AvgIpc) is 3.20. The van der Waals surface area contributed by atoms with Crippen LogP contribution in [0.4, 0.5) is 0 Å². The van der Waals surface area contributed by atoms with E-state index in [2.05, 4.69) is 72.3 Å². The Balaban J connectivity index is 1.66. The van der Waals surface area contributed by atoms with Gasteiger partial charge in [-0.2, -0.15) is 0 Å². The molecule has 0 fully saturated rings. The molecule has 3 nitrogen and oxygen atoms in total. The van der Waals surface area contributed by atoms with Crippen LogP contribution in [0, 0.1) is 0 Å². The molecule has 0 radical (unpaired) electrons. The predicted octanol–water partition coefficient (Wildman–Crippen LogP) is 7.00. The summed E-state index contributed by atoms with van der Waals surface area (Å²) in [4.78, 5) is 9.29. The highest BCUT2D eigenvalue weighted by Gasteiger charge is 2.39. The Morgan fingerprint density at radius 2 is 1.59 bits per heavy atom. The van der Waals surface area contributed by atoms with Crippen molar-refractivity contribution in [1.82, 2.24) is 9.97 Å². The summed E-state index contributed by atoms with van der Waals surface area (Å²) in [5.74, 6) is 0. The summed E-state index contributed by atoms with van der Waals surface area (Å²) < 4.78 is 6.10. The lowest BCUT2D eigenvalue weighted by atomic mass is 9.85. The number of para-hydroxylation sites is 1. The van der Waals surface area contributed by atoms with E-state index in [1.807, 2.05) is 18.2 Å². The van der Waals surface area contributed by atoms with Crippen molar-refractivity contribution < 1.29 is 4.42 Å². The SMILES string of the molecule is CC1(C)c2ccccc2-c2c(-c3ccc4c(c3)oc3ccccc34)nc(Cl)nc21. The monoisotopic (exact) mass is 396 g/mol. The van der Waals surface area contributed by atoms with Gasteiger partial charge in [-0.05, 0) is 40.9 Å². The van der Waals surface area contributed by atoms with Crippen molar-refractivity contribution in [2.75, 3.05) is 0 Å². The largest absolute Gasteiger partial charge is 0.456 e. The van der Waals surface area contributed by atoms with E-state index in [1.54, 1.807) is 0 Å². The van der Waals surface area contributed by atoms with E-state index in [-0.39, 0.29) is 10.7 Å². The summed E-state index contributed by atoms with van der Waals surface area (Å²) in [5.41, 5.74) is 7.78. The molecule has 0 aliphatic heterocycles. The number of hydrogen-bond acceptors (Lipinski definition) is 3. The molecule has 0 spiro atoms. The van der Waals surface area contributed by atoms with Gasteiger partial charge in [-0.1, -0.05) is 62.4 Å². The minimum atomic E-state index is -0.225. The van der Waals surface area contributed by atoms with Crippen molar-refractivity contribution >= 4 is 33.5 Å². The molecular weight excluding hydrogens is 380 g/mol. The Labute approximate surface area is 173 Å². The normalized spacial score (nSPS) is 14.3. The Hall–Kier alpha value is -3.17. The van der Waals surface area contributed by atoms with E-state index in [9.17, 15) is 0 Å². The van der Waals surface area contributed by atoms with Gasteiger partial charge in [0, 0.05) is 27.3 Å². The third kappa shape index (κ3) is 2.25. The predicted molar refractivity (Wildman–Crippen MR) is 117 cm³/mol. The van der Waals surface area contributed by atoms with Gasteiger partial charge in [-0.3, -0.25) is 0 Å². The van der Waals surface area contributed by atoms with Crippen LogP contribution >= 0.6 is 11.6 Å². The van der Waals surface area contributed by atoms with Crippen molar-refractivity contribution in [2.45, 2.75) is 19.3 Å². The van der Waals surface area contributed by atoms with Crippen LogP contribution < -0.4 is 0 Å². The smallest absolute Gasteiger partial charge is 0.223 e. The van der Waals surface area contributed by atoms with Crippen LogP contribution in [0.5, 0.6) is 0 Å². The van der Waals surface area contributed by atoms with Gasteiger partial charge in [0.25, 0.3) is 0 Å². The molecule has 0 unspecified atom stereocenters.